The average molecular weight is 262 g/mol. The lowest BCUT2D eigenvalue weighted by atomic mass is 10.1. The van der Waals surface area contributed by atoms with E-state index in [2.05, 4.69) is 16.8 Å². The highest BCUT2D eigenvalue weighted by molar-refractivity contribution is 5.81. The number of piperazine rings is 1. The van der Waals surface area contributed by atoms with Crippen molar-refractivity contribution in [3.63, 3.8) is 0 Å². The highest BCUT2D eigenvalue weighted by Crippen LogP contribution is 2.19. The van der Waals surface area contributed by atoms with Gasteiger partial charge in [-0.25, -0.2) is 0 Å². The van der Waals surface area contributed by atoms with E-state index in [0.29, 0.717) is 0 Å². The van der Waals surface area contributed by atoms with E-state index < -0.39 is 6.04 Å². The van der Waals surface area contributed by atoms with Crippen LogP contribution in [0.1, 0.15) is 25.6 Å². The average Bonchev–Trinajstić information content (AvgIpc) is 2.46. The first kappa shape index (κ1) is 14.0. The summed E-state index contributed by atoms with van der Waals surface area (Å²) in [7, 11) is 0. The monoisotopic (exact) mass is 262 g/mol. The zero-order chi connectivity index (χ0) is 13.8. The largest absolute Gasteiger partial charge is 0.339 e. The highest BCUT2D eigenvalue weighted by Gasteiger charge is 2.26. The van der Waals surface area contributed by atoms with E-state index in [1.165, 1.54) is 0 Å². The Morgan fingerprint density at radius 3 is 2.47 bits per heavy atom. The van der Waals surface area contributed by atoms with Gasteiger partial charge in [0.15, 0.2) is 0 Å². The fourth-order valence-electron chi connectivity index (χ4n) is 2.43. The molecule has 104 valence electrons. The molecule has 2 heterocycles. The number of pyridine rings is 1. The molecule has 0 aromatic carbocycles. The number of amides is 1. The molecular weight excluding hydrogens is 240 g/mol. The summed E-state index contributed by atoms with van der Waals surface area (Å²) < 4.78 is 0. The third kappa shape index (κ3) is 3.30. The molecule has 1 saturated heterocycles. The number of carbonyl (C=O) groups is 1. The van der Waals surface area contributed by atoms with Crippen LogP contribution in [0.2, 0.25) is 0 Å². The Balaban J connectivity index is 1.91. The minimum Gasteiger partial charge on any atom is -0.339 e. The van der Waals surface area contributed by atoms with Crippen LogP contribution in [0.3, 0.4) is 0 Å². The Morgan fingerprint density at radius 2 is 1.95 bits per heavy atom. The maximum Gasteiger partial charge on any atom is 0.239 e. The second kappa shape index (κ2) is 6.12. The molecule has 0 aliphatic carbocycles. The summed E-state index contributed by atoms with van der Waals surface area (Å²) in [4.78, 5) is 20.4. The number of aromatic nitrogens is 1. The normalized spacial score (nSPS) is 20.1. The molecule has 1 aromatic heterocycles. The minimum atomic E-state index is -0.403. The van der Waals surface area contributed by atoms with E-state index in [4.69, 9.17) is 5.73 Å². The molecule has 2 atom stereocenters. The van der Waals surface area contributed by atoms with Crippen LogP contribution in [0.25, 0.3) is 0 Å². The Hall–Kier alpha value is -1.46. The minimum absolute atomic E-state index is 0.0464. The van der Waals surface area contributed by atoms with Gasteiger partial charge in [-0.2, -0.15) is 0 Å². The van der Waals surface area contributed by atoms with Crippen molar-refractivity contribution in [3.8, 4) is 0 Å². The molecule has 1 aromatic rings. The molecule has 0 radical (unpaired) electrons. The highest BCUT2D eigenvalue weighted by atomic mass is 16.2. The van der Waals surface area contributed by atoms with Gasteiger partial charge in [0, 0.05) is 38.4 Å². The number of carbonyl (C=O) groups excluding carboxylic acids is 1. The van der Waals surface area contributed by atoms with E-state index in [-0.39, 0.29) is 11.9 Å². The van der Waals surface area contributed by atoms with E-state index in [1.807, 2.05) is 29.3 Å². The van der Waals surface area contributed by atoms with Crippen molar-refractivity contribution in [1.29, 1.82) is 0 Å². The van der Waals surface area contributed by atoms with Crippen LogP contribution in [-0.2, 0) is 4.79 Å². The first-order valence-corrected chi connectivity index (χ1v) is 6.79. The molecule has 0 bridgehead atoms. The zero-order valence-corrected chi connectivity index (χ0v) is 11.6. The van der Waals surface area contributed by atoms with Crippen molar-refractivity contribution in [2.75, 3.05) is 26.2 Å². The van der Waals surface area contributed by atoms with Gasteiger partial charge in [-0.15, -0.1) is 0 Å². The summed E-state index contributed by atoms with van der Waals surface area (Å²) in [6.07, 6.45) is 1.82. The van der Waals surface area contributed by atoms with Crippen molar-refractivity contribution < 1.29 is 4.79 Å². The lowest BCUT2D eigenvalue weighted by molar-refractivity contribution is -0.134. The Labute approximate surface area is 114 Å². The summed E-state index contributed by atoms with van der Waals surface area (Å²) in [6, 6.07) is 5.86. The van der Waals surface area contributed by atoms with Crippen LogP contribution >= 0.6 is 0 Å². The fraction of sp³-hybridized carbons (Fsp3) is 0.571. The summed E-state index contributed by atoms with van der Waals surface area (Å²) in [5.41, 5.74) is 6.72. The number of hydrogen-bond acceptors (Lipinski definition) is 4. The molecule has 0 saturated carbocycles. The van der Waals surface area contributed by atoms with Gasteiger partial charge in [0.2, 0.25) is 5.91 Å². The predicted molar refractivity (Wildman–Crippen MR) is 74.5 cm³/mol. The molecule has 2 N–H and O–H groups in total. The maximum atomic E-state index is 11.8. The molecule has 5 heteroatoms. The van der Waals surface area contributed by atoms with Gasteiger partial charge in [-0.3, -0.25) is 14.7 Å². The first-order chi connectivity index (χ1) is 9.09. The van der Waals surface area contributed by atoms with Crippen LogP contribution in [0.15, 0.2) is 24.4 Å². The van der Waals surface area contributed by atoms with Gasteiger partial charge in [0.1, 0.15) is 0 Å². The first-order valence-electron chi connectivity index (χ1n) is 6.79. The second-order valence-corrected chi connectivity index (χ2v) is 5.08. The lowest BCUT2D eigenvalue weighted by Gasteiger charge is -2.38. The van der Waals surface area contributed by atoms with Gasteiger partial charge in [0.25, 0.3) is 0 Å². The van der Waals surface area contributed by atoms with Gasteiger partial charge in [-0.1, -0.05) is 6.07 Å². The Kier molecular flexibility index (Phi) is 4.50. The summed E-state index contributed by atoms with van der Waals surface area (Å²) in [6.45, 7) is 7.14. The lowest BCUT2D eigenvalue weighted by Crippen LogP contribution is -2.52. The Bertz CT molecular complexity index is 413. The molecule has 1 amide bonds. The quantitative estimate of drug-likeness (QED) is 0.868. The van der Waals surface area contributed by atoms with Crippen molar-refractivity contribution in [2.45, 2.75) is 25.9 Å². The standard InChI is InChI=1S/C14H22N4O/c1-11(15)14(19)18-9-7-17(8-10-18)12(2)13-5-3-4-6-16-13/h3-6,11-12H,7-10,15H2,1-2H3. The number of rotatable bonds is 3. The molecule has 0 spiro atoms. The Morgan fingerprint density at radius 1 is 1.26 bits per heavy atom. The molecule has 1 aliphatic rings. The third-order valence-electron chi connectivity index (χ3n) is 3.68. The molecule has 1 fully saturated rings. The van der Waals surface area contributed by atoms with Crippen LogP contribution in [0.4, 0.5) is 0 Å². The second-order valence-electron chi connectivity index (χ2n) is 5.08. The maximum absolute atomic E-state index is 11.8. The van der Waals surface area contributed by atoms with Gasteiger partial charge < -0.3 is 10.6 Å². The van der Waals surface area contributed by atoms with Crippen molar-refractivity contribution in [1.82, 2.24) is 14.8 Å². The van der Waals surface area contributed by atoms with Crippen LogP contribution in [0.5, 0.6) is 0 Å². The summed E-state index contributed by atoms with van der Waals surface area (Å²) >= 11 is 0. The van der Waals surface area contributed by atoms with Gasteiger partial charge in [-0.05, 0) is 26.0 Å². The smallest absolute Gasteiger partial charge is 0.239 e. The third-order valence-corrected chi connectivity index (χ3v) is 3.68. The van der Waals surface area contributed by atoms with Crippen molar-refractivity contribution in [2.24, 2.45) is 5.73 Å². The van der Waals surface area contributed by atoms with Gasteiger partial charge in [0.05, 0.1) is 11.7 Å². The van der Waals surface area contributed by atoms with Gasteiger partial charge >= 0.3 is 0 Å². The zero-order valence-electron chi connectivity index (χ0n) is 11.6. The molecule has 5 nitrogen and oxygen atoms in total. The molecule has 19 heavy (non-hydrogen) atoms. The number of nitrogens with zero attached hydrogens (tertiary/aromatic N) is 3. The molecule has 2 rings (SSSR count). The summed E-state index contributed by atoms with van der Waals surface area (Å²) in [5, 5.41) is 0. The van der Waals surface area contributed by atoms with E-state index in [0.717, 1.165) is 31.9 Å². The topological polar surface area (TPSA) is 62.5 Å². The van der Waals surface area contributed by atoms with E-state index in [1.54, 1.807) is 6.92 Å². The van der Waals surface area contributed by atoms with E-state index in [9.17, 15) is 4.79 Å². The molecule has 2 unspecified atom stereocenters. The molecular formula is C14H22N4O. The number of hydrogen-bond donors (Lipinski definition) is 1. The fourth-order valence-corrected chi connectivity index (χ4v) is 2.43. The van der Waals surface area contributed by atoms with Crippen LogP contribution in [-0.4, -0.2) is 52.9 Å². The van der Waals surface area contributed by atoms with E-state index >= 15 is 0 Å². The predicted octanol–water partition coefficient (Wildman–Crippen LogP) is 0.634. The SMILES string of the molecule is CC(N)C(=O)N1CCN(C(C)c2ccccn2)CC1. The van der Waals surface area contributed by atoms with Crippen molar-refractivity contribution >= 4 is 5.91 Å². The van der Waals surface area contributed by atoms with Crippen LogP contribution in [0, 0.1) is 0 Å². The summed E-state index contributed by atoms with van der Waals surface area (Å²) in [5.74, 6) is 0.0464. The van der Waals surface area contributed by atoms with Crippen molar-refractivity contribution in [3.05, 3.63) is 30.1 Å². The molecule has 1 aliphatic heterocycles. The van der Waals surface area contributed by atoms with Crippen LogP contribution < -0.4 is 5.73 Å². The number of nitrogens with two attached hydrogens (primary N) is 1.